The van der Waals surface area contributed by atoms with Crippen molar-refractivity contribution >= 4 is 54.9 Å². The second-order valence-electron chi connectivity index (χ2n) is 7.72. The number of amides is 1. The number of thiophene rings is 1. The lowest BCUT2D eigenvalue weighted by molar-refractivity contribution is -0.115. The number of aromatic amines is 1. The topological polar surface area (TPSA) is 135 Å². The van der Waals surface area contributed by atoms with E-state index in [4.69, 9.17) is 5.14 Å². The summed E-state index contributed by atoms with van der Waals surface area (Å²) in [7, 11) is -3.79. The highest BCUT2D eigenvalue weighted by Gasteiger charge is 2.20. The number of aromatic nitrogens is 2. The fraction of sp³-hybridized carbons (Fsp3) is 0.381. The number of aryl methyl sites for hydroxylation is 1. The van der Waals surface area contributed by atoms with Crippen LogP contribution in [0.3, 0.4) is 0 Å². The van der Waals surface area contributed by atoms with E-state index in [1.807, 2.05) is 6.92 Å². The van der Waals surface area contributed by atoms with Crippen molar-refractivity contribution in [3.8, 4) is 0 Å². The molecule has 0 saturated carbocycles. The lowest BCUT2D eigenvalue weighted by Crippen LogP contribution is -2.23. The Hall–Kier alpha value is -2.21. The Labute approximate surface area is 195 Å². The van der Waals surface area contributed by atoms with Gasteiger partial charge >= 0.3 is 0 Å². The van der Waals surface area contributed by atoms with Crippen molar-refractivity contribution in [2.45, 2.75) is 55.8 Å². The molecule has 0 unspecified atom stereocenters. The Kier molecular flexibility index (Phi) is 7.43. The number of carbonyl (C=O) groups is 1. The van der Waals surface area contributed by atoms with Gasteiger partial charge in [0.2, 0.25) is 15.9 Å². The van der Waals surface area contributed by atoms with Crippen LogP contribution in [0.1, 0.15) is 37.6 Å². The molecule has 0 fully saturated rings. The minimum absolute atomic E-state index is 0.0352. The fourth-order valence-electron chi connectivity index (χ4n) is 3.14. The highest BCUT2D eigenvalue weighted by molar-refractivity contribution is 8.00. The molecule has 1 aromatic carbocycles. The van der Waals surface area contributed by atoms with Crippen LogP contribution in [0.25, 0.3) is 10.2 Å². The molecule has 0 bridgehead atoms. The number of hydrogen-bond acceptors (Lipinski definition) is 7. The van der Waals surface area contributed by atoms with Crippen molar-refractivity contribution in [1.82, 2.24) is 9.97 Å². The fourth-order valence-corrected chi connectivity index (χ4v) is 5.57. The second kappa shape index (κ2) is 9.74. The first-order valence-electron chi connectivity index (χ1n) is 10.1. The SMILES string of the molecule is CC[C@@H](C)Cc1c(C)sc2nc(S[C@@H](C)C(=O)Nc3ccc(S(N)(=O)=O)cc3)[nH]c(=O)c12. The average Bonchev–Trinajstić information content (AvgIpc) is 3.02. The van der Waals surface area contributed by atoms with Crippen LogP contribution >= 0.6 is 23.1 Å². The molecule has 0 aliphatic rings. The number of anilines is 1. The van der Waals surface area contributed by atoms with E-state index in [0.29, 0.717) is 27.0 Å². The van der Waals surface area contributed by atoms with Gasteiger partial charge in [0.15, 0.2) is 5.16 Å². The van der Waals surface area contributed by atoms with Crippen LogP contribution < -0.4 is 16.0 Å². The van der Waals surface area contributed by atoms with E-state index in [0.717, 1.165) is 35.0 Å². The van der Waals surface area contributed by atoms with Gasteiger partial charge in [0.1, 0.15) is 4.83 Å². The minimum Gasteiger partial charge on any atom is -0.325 e. The summed E-state index contributed by atoms with van der Waals surface area (Å²) in [5, 5.41) is 8.28. The van der Waals surface area contributed by atoms with Crippen LogP contribution in [0.2, 0.25) is 0 Å². The highest BCUT2D eigenvalue weighted by Crippen LogP contribution is 2.31. The van der Waals surface area contributed by atoms with E-state index in [-0.39, 0.29) is 16.4 Å². The summed E-state index contributed by atoms with van der Waals surface area (Å²) in [6.45, 7) is 8.01. The van der Waals surface area contributed by atoms with Crippen LogP contribution in [0.5, 0.6) is 0 Å². The summed E-state index contributed by atoms with van der Waals surface area (Å²) < 4.78 is 22.7. The number of nitrogens with zero attached hydrogens (tertiary/aromatic N) is 1. The average molecular weight is 495 g/mol. The van der Waals surface area contributed by atoms with Gasteiger partial charge in [-0.1, -0.05) is 32.0 Å². The molecule has 2 aromatic heterocycles. The third-order valence-corrected chi connectivity index (χ3v) is 8.15. The predicted octanol–water partition coefficient (Wildman–Crippen LogP) is 3.65. The number of hydrogen-bond donors (Lipinski definition) is 3. The Morgan fingerprint density at radius 2 is 1.94 bits per heavy atom. The molecule has 172 valence electrons. The van der Waals surface area contributed by atoms with Gasteiger partial charge < -0.3 is 10.3 Å². The van der Waals surface area contributed by atoms with Crippen molar-refractivity contribution in [2.24, 2.45) is 11.1 Å². The Morgan fingerprint density at radius 3 is 2.53 bits per heavy atom. The molecule has 0 aliphatic heterocycles. The third-order valence-electron chi connectivity index (χ3n) is 5.20. The molecule has 2 heterocycles. The van der Waals surface area contributed by atoms with Crippen LogP contribution in [0.4, 0.5) is 5.69 Å². The monoisotopic (exact) mass is 494 g/mol. The molecule has 2 atom stereocenters. The second-order valence-corrected chi connectivity index (χ2v) is 11.8. The number of thioether (sulfide) groups is 1. The Bertz CT molecular complexity index is 1300. The van der Waals surface area contributed by atoms with Gasteiger partial charge in [-0.15, -0.1) is 11.3 Å². The van der Waals surface area contributed by atoms with Crippen molar-refractivity contribution in [3.05, 3.63) is 45.1 Å². The number of rotatable bonds is 8. The zero-order valence-corrected chi connectivity index (χ0v) is 20.7. The normalized spacial score (nSPS) is 13.8. The molecule has 1 amide bonds. The molecule has 3 aromatic rings. The van der Waals surface area contributed by atoms with Gasteiger partial charge in [0.05, 0.1) is 15.5 Å². The Morgan fingerprint density at radius 1 is 1.28 bits per heavy atom. The van der Waals surface area contributed by atoms with Crippen molar-refractivity contribution < 1.29 is 13.2 Å². The molecular formula is C21H26N4O4S3. The number of sulfonamides is 1. The van der Waals surface area contributed by atoms with Crippen LogP contribution in [-0.2, 0) is 21.2 Å². The number of carbonyl (C=O) groups excluding carboxylic acids is 1. The molecule has 0 spiro atoms. The molecule has 0 aliphatic carbocycles. The van der Waals surface area contributed by atoms with E-state index in [1.165, 1.54) is 35.6 Å². The lowest BCUT2D eigenvalue weighted by atomic mass is 9.98. The third kappa shape index (κ3) is 5.58. The standard InChI is InChI=1S/C21H26N4O4S3/c1-5-11(2)10-16-12(3)30-20-17(16)19(27)24-21(25-20)31-13(4)18(26)23-14-6-8-15(9-7-14)32(22,28)29/h6-9,11,13H,5,10H2,1-4H3,(H,23,26)(H2,22,28,29)(H,24,25,27)/t11-,13+/m1/s1. The molecule has 0 saturated heterocycles. The number of nitrogens with two attached hydrogens (primary N) is 1. The van der Waals surface area contributed by atoms with Gasteiger partial charge in [0.25, 0.3) is 5.56 Å². The van der Waals surface area contributed by atoms with Gasteiger partial charge in [-0.2, -0.15) is 0 Å². The number of H-pyrrole nitrogens is 1. The zero-order chi connectivity index (χ0) is 23.6. The van der Waals surface area contributed by atoms with Crippen molar-refractivity contribution in [3.63, 3.8) is 0 Å². The highest BCUT2D eigenvalue weighted by atomic mass is 32.2. The first kappa shape index (κ1) is 24.4. The molecule has 4 N–H and O–H groups in total. The van der Waals surface area contributed by atoms with Crippen LogP contribution in [0, 0.1) is 12.8 Å². The Balaban J connectivity index is 1.75. The summed E-state index contributed by atoms with van der Waals surface area (Å²) in [6, 6.07) is 5.58. The quantitative estimate of drug-likeness (QED) is 0.323. The summed E-state index contributed by atoms with van der Waals surface area (Å²) in [6.07, 6.45) is 1.87. The minimum atomic E-state index is -3.79. The van der Waals surface area contributed by atoms with Gasteiger partial charge in [0, 0.05) is 10.6 Å². The largest absolute Gasteiger partial charge is 0.325 e. The molecular weight excluding hydrogens is 468 g/mol. The van der Waals surface area contributed by atoms with Crippen LogP contribution in [0.15, 0.2) is 39.1 Å². The first-order chi connectivity index (χ1) is 15.0. The number of primary sulfonamides is 1. The van der Waals surface area contributed by atoms with Crippen LogP contribution in [-0.4, -0.2) is 29.5 Å². The molecule has 32 heavy (non-hydrogen) atoms. The van der Waals surface area contributed by atoms with Gasteiger partial charge in [-0.25, -0.2) is 18.5 Å². The molecule has 11 heteroatoms. The maximum absolute atomic E-state index is 12.8. The van der Waals surface area contributed by atoms with E-state index in [2.05, 4.69) is 29.1 Å². The van der Waals surface area contributed by atoms with Gasteiger partial charge in [-0.3, -0.25) is 9.59 Å². The molecule has 8 nitrogen and oxygen atoms in total. The maximum atomic E-state index is 12.8. The first-order valence-corrected chi connectivity index (χ1v) is 13.4. The maximum Gasteiger partial charge on any atom is 0.260 e. The van der Waals surface area contributed by atoms with Crippen molar-refractivity contribution in [2.75, 3.05) is 5.32 Å². The van der Waals surface area contributed by atoms with Gasteiger partial charge in [-0.05, 0) is 56.0 Å². The predicted molar refractivity (Wildman–Crippen MR) is 130 cm³/mol. The van der Waals surface area contributed by atoms with E-state index in [9.17, 15) is 18.0 Å². The van der Waals surface area contributed by atoms with E-state index in [1.54, 1.807) is 6.92 Å². The molecule has 3 rings (SSSR count). The summed E-state index contributed by atoms with van der Waals surface area (Å²) >= 11 is 2.65. The number of nitrogens with one attached hydrogen (secondary N) is 2. The summed E-state index contributed by atoms with van der Waals surface area (Å²) in [4.78, 5) is 34.5. The number of benzene rings is 1. The van der Waals surface area contributed by atoms with Crippen molar-refractivity contribution in [1.29, 1.82) is 0 Å². The smallest absolute Gasteiger partial charge is 0.260 e. The summed E-state index contributed by atoms with van der Waals surface area (Å²) in [5.74, 6) is 0.170. The number of fused-ring (bicyclic) bond motifs is 1. The van der Waals surface area contributed by atoms with E-state index >= 15 is 0 Å². The zero-order valence-electron chi connectivity index (χ0n) is 18.3. The van der Waals surface area contributed by atoms with E-state index < -0.39 is 15.3 Å². The molecule has 0 radical (unpaired) electrons. The lowest BCUT2D eigenvalue weighted by Gasteiger charge is -2.12. The summed E-state index contributed by atoms with van der Waals surface area (Å²) in [5.41, 5.74) is 1.31.